The van der Waals surface area contributed by atoms with Gasteiger partial charge in [0.15, 0.2) is 0 Å². The van der Waals surface area contributed by atoms with Gasteiger partial charge in [-0.25, -0.2) is 4.79 Å². The highest BCUT2D eigenvalue weighted by molar-refractivity contribution is 5.90. The average Bonchev–Trinajstić information content (AvgIpc) is 2.36. The monoisotopic (exact) mass is 263 g/mol. The largest absolute Gasteiger partial charge is 0.326 e. The van der Waals surface area contributed by atoms with Crippen LogP contribution in [0.4, 0.5) is 10.5 Å². The lowest BCUT2D eigenvalue weighted by Crippen LogP contribution is -2.36. The summed E-state index contributed by atoms with van der Waals surface area (Å²) in [6.45, 7) is 5.82. The number of carbonyl (C=O) groups excluding carboxylic acids is 1. The van der Waals surface area contributed by atoms with Crippen LogP contribution in [0.1, 0.15) is 25.3 Å². The zero-order valence-electron chi connectivity index (χ0n) is 12.6. The number of urea groups is 1. The molecule has 1 rings (SSSR count). The maximum atomic E-state index is 12.1. The summed E-state index contributed by atoms with van der Waals surface area (Å²) in [4.78, 5) is 15.9. The molecule has 0 atom stereocenters. The number of carbonyl (C=O) groups is 1. The quantitative estimate of drug-likeness (QED) is 0.886. The van der Waals surface area contributed by atoms with Crippen LogP contribution in [0, 0.1) is 0 Å². The lowest BCUT2D eigenvalue weighted by Gasteiger charge is -2.21. The van der Waals surface area contributed by atoms with Gasteiger partial charge in [-0.05, 0) is 31.6 Å². The normalized spacial score (nSPS) is 10.9. The molecule has 1 N–H and O–H groups in total. The molecule has 1 aromatic carbocycles. The van der Waals surface area contributed by atoms with Crippen LogP contribution >= 0.6 is 0 Å². The predicted molar refractivity (Wildman–Crippen MR) is 80.7 cm³/mol. The van der Waals surface area contributed by atoms with Crippen molar-refractivity contribution in [1.29, 1.82) is 0 Å². The van der Waals surface area contributed by atoms with E-state index in [0.29, 0.717) is 12.5 Å². The first-order valence-electron chi connectivity index (χ1n) is 6.67. The third kappa shape index (κ3) is 4.91. The second-order valence-corrected chi connectivity index (χ2v) is 5.40. The van der Waals surface area contributed by atoms with E-state index in [1.54, 1.807) is 4.90 Å². The number of hydrogen-bond acceptors (Lipinski definition) is 2. The number of nitrogens with zero attached hydrogens (tertiary/aromatic N) is 2. The Balaban J connectivity index is 2.66. The van der Waals surface area contributed by atoms with Gasteiger partial charge >= 0.3 is 6.03 Å². The summed E-state index contributed by atoms with van der Waals surface area (Å²) in [7, 11) is 5.82. The van der Waals surface area contributed by atoms with Crippen LogP contribution in [0.5, 0.6) is 0 Å². The number of anilines is 1. The van der Waals surface area contributed by atoms with Gasteiger partial charge in [0.25, 0.3) is 0 Å². The van der Waals surface area contributed by atoms with E-state index < -0.39 is 0 Å². The fourth-order valence-electron chi connectivity index (χ4n) is 1.78. The molecule has 0 aliphatic rings. The summed E-state index contributed by atoms with van der Waals surface area (Å²) < 4.78 is 0. The Labute approximate surface area is 116 Å². The molecule has 0 fully saturated rings. The molecular formula is C15H25N3O. The summed E-state index contributed by atoms with van der Waals surface area (Å²) in [5.41, 5.74) is 2.07. The fourth-order valence-corrected chi connectivity index (χ4v) is 1.78. The van der Waals surface area contributed by atoms with Gasteiger partial charge in [-0.2, -0.15) is 0 Å². The second-order valence-electron chi connectivity index (χ2n) is 5.40. The Kier molecular flexibility index (Phi) is 5.83. The SMILES string of the molecule is CC(C)c1ccccc1NC(=O)N(C)CCN(C)C. The van der Waals surface area contributed by atoms with E-state index >= 15 is 0 Å². The van der Waals surface area contributed by atoms with Crippen LogP contribution in [0.25, 0.3) is 0 Å². The van der Waals surface area contributed by atoms with Crippen molar-refractivity contribution in [1.82, 2.24) is 9.80 Å². The molecule has 4 heteroatoms. The van der Waals surface area contributed by atoms with Crippen LogP contribution in [-0.2, 0) is 0 Å². The van der Waals surface area contributed by atoms with E-state index in [4.69, 9.17) is 0 Å². The minimum absolute atomic E-state index is 0.0602. The highest BCUT2D eigenvalue weighted by atomic mass is 16.2. The highest BCUT2D eigenvalue weighted by Crippen LogP contribution is 2.23. The molecule has 1 aromatic rings. The first kappa shape index (κ1) is 15.5. The first-order valence-corrected chi connectivity index (χ1v) is 6.67. The van der Waals surface area contributed by atoms with Gasteiger partial charge in [0.05, 0.1) is 0 Å². The van der Waals surface area contributed by atoms with E-state index in [1.807, 2.05) is 39.3 Å². The predicted octanol–water partition coefficient (Wildman–Crippen LogP) is 2.84. The number of hydrogen-bond donors (Lipinski definition) is 1. The smallest absolute Gasteiger partial charge is 0.321 e. The van der Waals surface area contributed by atoms with Crippen molar-refractivity contribution in [2.75, 3.05) is 39.5 Å². The maximum absolute atomic E-state index is 12.1. The van der Waals surface area contributed by atoms with E-state index in [1.165, 1.54) is 0 Å². The molecule has 19 heavy (non-hydrogen) atoms. The molecule has 0 radical (unpaired) electrons. The van der Waals surface area contributed by atoms with E-state index in [9.17, 15) is 4.79 Å². The van der Waals surface area contributed by atoms with Crippen molar-refractivity contribution in [3.05, 3.63) is 29.8 Å². The second kappa shape index (κ2) is 7.14. The summed E-state index contributed by atoms with van der Waals surface area (Å²) in [5.74, 6) is 0.392. The van der Waals surface area contributed by atoms with Crippen molar-refractivity contribution in [2.45, 2.75) is 19.8 Å². The van der Waals surface area contributed by atoms with Gasteiger partial charge in [0.2, 0.25) is 0 Å². The molecular weight excluding hydrogens is 238 g/mol. The maximum Gasteiger partial charge on any atom is 0.321 e. The number of benzene rings is 1. The molecule has 0 bridgehead atoms. The number of para-hydroxylation sites is 1. The van der Waals surface area contributed by atoms with Gasteiger partial charge in [-0.15, -0.1) is 0 Å². The number of nitrogens with one attached hydrogen (secondary N) is 1. The van der Waals surface area contributed by atoms with Crippen LogP contribution in [0.15, 0.2) is 24.3 Å². The first-order chi connectivity index (χ1) is 8.91. The summed E-state index contributed by atoms with van der Waals surface area (Å²) in [5, 5.41) is 2.98. The van der Waals surface area contributed by atoms with E-state index in [2.05, 4.69) is 30.1 Å². The third-order valence-corrected chi connectivity index (χ3v) is 3.05. The van der Waals surface area contributed by atoms with E-state index in [0.717, 1.165) is 17.8 Å². The van der Waals surface area contributed by atoms with Gasteiger partial charge in [0.1, 0.15) is 0 Å². The molecule has 0 aromatic heterocycles. The number of likely N-dealkylation sites (N-methyl/N-ethyl adjacent to an activating group) is 2. The lowest BCUT2D eigenvalue weighted by atomic mass is 10.0. The topological polar surface area (TPSA) is 35.6 Å². The Hall–Kier alpha value is -1.55. The zero-order chi connectivity index (χ0) is 14.4. The molecule has 0 spiro atoms. The molecule has 4 nitrogen and oxygen atoms in total. The molecule has 106 valence electrons. The minimum Gasteiger partial charge on any atom is -0.326 e. The lowest BCUT2D eigenvalue weighted by molar-refractivity contribution is 0.217. The third-order valence-electron chi connectivity index (χ3n) is 3.05. The van der Waals surface area contributed by atoms with Crippen LogP contribution in [-0.4, -0.2) is 50.1 Å². The summed E-state index contributed by atoms with van der Waals surface area (Å²) in [6.07, 6.45) is 0. The Morgan fingerprint density at radius 2 is 1.79 bits per heavy atom. The van der Waals surface area contributed by atoms with Crippen LogP contribution < -0.4 is 5.32 Å². The van der Waals surface area contributed by atoms with Gasteiger partial charge in [-0.1, -0.05) is 32.0 Å². The van der Waals surface area contributed by atoms with Crippen molar-refractivity contribution in [3.63, 3.8) is 0 Å². The van der Waals surface area contributed by atoms with E-state index in [-0.39, 0.29) is 6.03 Å². The van der Waals surface area contributed by atoms with Crippen LogP contribution in [0.3, 0.4) is 0 Å². The molecule has 0 saturated carbocycles. The number of rotatable bonds is 5. The standard InChI is InChI=1S/C15H25N3O/c1-12(2)13-8-6-7-9-14(13)16-15(19)18(5)11-10-17(3)4/h6-9,12H,10-11H2,1-5H3,(H,16,19). The molecule has 0 saturated heterocycles. The summed E-state index contributed by atoms with van der Waals surface area (Å²) in [6, 6.07) is 7.89. The van der Waals surface area contributed by atoms with Gasteiger partial charge in [-0.3, -0.25) is 0 Å². The molecule has 0 aliphatic heterocycles. The fraction of sp³-hybridized carbons (Fsp3) is 0.533. The van der Waals surface area contributed by atoms with Crippen molar-refractivity contribution >= 4 is 11.7 Å². The number of amides is 2. The van der Waals surface area contributed by atoms with Crippen LogP contribution in [0.2, 0.25) is 0 Å². The Morgan fingerprint density at radius 3 is 2.37 bits per heavy atom. The molecule has 2 amide bonds. The minimum atomic E-state index is -0.0602. The van der Waals surface area contributed by atoms with Crippen molar-refractivity contribution in [3.8, 4) is 0 Å². The summed E-state index contributed by atoms with van der Waals surface area (Å²) >= 11 is 0. The highest BCUT2D eigenvalue weighted by Gasteiger charge is 2.12. The van der Waals surface area contributed by atoms with Crippen molar-refractivity contribution < 1.29 is 4.79 Å². The zero-order valence-corrected chi connectivity index (χ0v) is 12.6. The molecule has 0 heterocycles. The molecule has 0 unspecified atom stereocenters. The van der Waals surface area contributed by atoms with Gasteiger partial charge in [0, 0.05) is 25.8 Å². The van der Waals surface area contributed by atoms with Gasteiger partial charge < -0.3 is 15.1 Å². The average molecular weight is 263 g/mol. The molecule has 0 aliphatic carbocycles. The van der Waals surface area contributed by atoms with Crippen molar-refractivity contribution in [2.24, 2.45) is 0 Å². The Morgan fingerprint density at radius 1 is 1.16 bits per heavy atom. The Bertz CT molecular complexity index is 416.